The SMILES string of the molecule is C=CCn1c(=O)c2cnc(Nc3ccc4c(c3)CCN(C(=O)OCC)C4C(C)(C)C)nc2n1-c1cccc(C(C)(C)O)n1. The molecule has 1 aliphatic rings. The van der Waals surface area contributed by atoms with Crippen LogP contribution in [0.3, 0.4) is 0 Å². The van der Waals surface area contributed by atoms with E-state index in [1.54, 1.807) is 42.8 Å². The van der Waals surface area contributed by atoms with Crippen LogP contribution in [0.15, 0.2) is 60.0 Å². The highest BCUT2D eigenvalue weighted by molar-refractivity contribution is 5.77. The first-order chi connectivity index (χ1) is 20.3. The fourth-order valence-electron chi connectivity index (χ4n) is 5.66. The minimum absolute atomic E-state index is 0.136. The summed E-state index contributed by atoms with van der Waals surface area (Å²) in [6, 6.07) is 11.2. The molecule has 5 rings (SSSR count). The summed E-state index contributed by atoms with van der Waals surface area (Å²) in [5, 5.41) is 14.2. The lowest BCUT2D eigenvalue weighted by Crippen LogP contribution is -2.45. The minimum atomic E-state index is -1.17. The Hall–Kier alpha value is -4.51. The number of fused-ring (bicyclic) bond motifs is 2. The number of benzene rings is 1. The van der Waals surface area contributed by atoms with E-state index in [9.17, 15) is 14.7 Å². The number of anilines is 2. The number of allylic oxidation sites excluding steroid dienone is 1. The van der Waals surface area contributed by atoms with Gasteiger partial charge in [0.1, 0.15) is 11.0 Å². The van der Waals surface area contributed by atoms with E-state index < -0.39 is 5.60 Å². The molecule has 2 N–H and O–H groups in total. The summed E-state index contributed by atoms with van der Waals surface area (Å²) in [5.74, 6) is 0.748. The van der Waals surface area contributed by atoms with Crippen LogP contribution in [-0.4, -0.2) is 53.6 Å². The molecule has 1 atom stereocenters. The molecule has 0 fully saturated rings. The quantitative estimate of drug-likeness (QED) is 0.282. The number of hydrogen-bond acceptors (Lipinski definition) is 8. The molecule has 0 bridgehead atoms. The van der Waals surface area contributed by atoms with Crippen LogP contribution in [0.5, 0.6) is 0 Å². The maximum Gasteiger partial charge on any atom is 0.410 e. The van der Waals surface area contributed by atoms with Crippen LogP contribution in [0.4, 0.5) is 16.4 Å². The molecule has 226 valence electrons. The second-order valence-corrected chi connectivity index (χ2v) is 12.3. The summed E-state index contributed by atoms with van der Waals surface area (Å²) in [4.78, 5) is 41.8. The van der Waals surface area contributed by atoms with Crippen LogP contribution in [0.25, 0.3) is 16.9 Å². The Kier molecular flexibility index (Phi) is 7.87. The summed E-state index contributed by atoms with van der Waals surface area (Å²) < 4.78 is 8.48. The number of aromatic nitrogens is 5. The number of hydrogen-bond donors (Lipinski definition) is 2. The van der Waals surface area contributed by atoms with E-state index in [4.69, 9.17) is 9.72 Å². The van der Waals surface area contributed by atoms with Crippen molar-refractivity contribution in [3.8, 4) is 5.82 Å². The fraction of sp³-hybridized carbons (Fsp3) is 0.406. The molecule has 11 heteroatoms. The maximum absolute atomic E-state index is 13.3. The Labute approximate surface area is 250 Å². The number of carbonyl (C=O) groups excluding carboxylic acids is 1. The number of nitrogens with one attached hydrogen (secondary N) is 1. The van der Waals surface area contributed by atoms with E-state index in [1.807, 2.05) is 24.0 Å². The molecule has 0 radical (unpaired) electrons. The number of carbonyl (C=O) groups is 1. The van der Waals surface area contributed by atoms with Crippen molar-refractivity contribution in [2.45, 2.75) is 66.2 Å². The summed E-state index contributed by atoms with van der Waals surface area (Å²) >= 11 is 0. The number of amides is 1. The van der Waals surface area contributed by atoms with Crippen molar-refractivity contribution in [1.82, 2.24) is 29.2 Å². The first-order valence-electron chi connectivity index (χ1n) is 14.5. The van der Waals surface area contributed by atoms with Gasteiger partial charge in [-0.15, -0.1) is 6.58 Å². The molecule has 3 aromatic heterocycles. The van der Waals surface area contributed by atoms with E-state index in [2.05, 4.69) is 48.7 Å². The molecule has 4 heterocycles. The third-order valence-corrected chi connectivity index (χ3v) is 7.51. The highest BCUT2D eigenvalue weighted by atomic mass is 16.6. The third kappa shape index (κ3) is 5.77. The van der Waals surface area contributed by atoms with Crippen molar-refractivity contribution in [2.24, 2.45) is 5.41 Å². The molecule has 1 unspecified atom stereocenters. The van der Waals surface area contributed by atoms with Gasteiger partial charge in [-0.1, -0.05) is 39.0 Å². The lowest BCUT2D eigenvalue weighted by atomic mass is 9.77. The van der Waals surface area contributed by atoms with Gasteiger partial charge in [-0.05, 0) is 68.0 Å². The summed E-state index contributed by atoms with van der Waals surface area (Å²) in [6.45, 7) is 16.4. The standard InChI is InChI=1S/C32H39N7O4/c1-8-16-38-28(40)23-19-33-29(36-27(23)39(38)25-12-10-11-24(35-25)32(6,7)42)34-21-13-14-22-20(18-21)15-17-37(30(41)43-9-2)26(22)31(3,4)5/h8,10-14,18-19,26,42H,1,9,15-17H2,2-7H3,(H,33,34,36). The van der Waals surface area contributed by atoms with Crippen LogP contribution in [-0.2, 0) is 23.3 Å². The zero-order valence-electron chi connectivity index (χ0n) is 25.6. The highest BCUT2D eigenvalue weighted by Crippen LogP contribution is 2.43. The number of rotatable bonds is 7. The van der Waals surface area contributed by atoms with Gasteiger partial charge >= 0.3 is 6.09 Å². The van der Waals surface area contributed by atoms with Crippen molar-refractivity contribution in [3.05, 3.63) is 82.4 Å². The Morgan fingerprint density at radius 1 is 1.19 bits per heavy atom. The monoisotopic (exact) mass is 585 g/mol. The van der Waals surface area contributed by atoms with Crippen LogP contribution in [0.2, 0.25) is 0 Å². The molecule has 1 aliphatic heterocycles. The normalized spacial score (nSPS) is 15.3. The largest absolute Gasteiger partial charge is 0.450 e. The molecule has 0 aliphatic carbocycles. The average molecular weight is 586 g/mol. The second kappa shape index (κ2) is 11.3. The Bertz CT molecular complexity index is 1740. The van der Waals surface area contributed by atoms with E-state index >= 15 is 0 Å². The first-order valence-corrected chi connectivity index (χ1v) is 14.5. The Morgan fingerprint density at radius 3 is 2.63 bits per heavy atom. The van der Waals surface area contributed by atoms with Gasteiger partial charge in [-0.2, -0.15) is 4.98 Å². The topological polar surface area (TPSA) is 127 Å². The molecule has 1 amide bonds. The zero-order chi connectivity index (χ0) is 31.1. The van der Waals surface area contributed by atoms with Crippen molar-refractivity contribution >= 4 is 28.8 Å². The summed E-state index contributed by atoms with van der Waals surface area (Å²) in [5.41, 5.74) is 2.19. The molecule has 1 aromatic carbocycles. The lowest BCUT2D eigenvalue weighted by Gasteiger charge is -2.43. The van der Waals surface area contributed by atoms with Crippen LogP contribution in [0.1, 0.15) is 64.4 Å². The van der Waals surface area contributed by atoms with Gasteiger partial charge in [-0.25, -0.2) is 24.1 Å². The van der Waals surface area contributed by atoms with Gasteiger partial charge < -0.3 is 20.1 Å². The van der Waals surface area contributed by atoms with Gasteiger partial charge in [0.2, 0.25) is 5.95 Å². The summed E-state index contributed by atoms with van der Waals surface area (Å²) in [6.07, 6.45) is 3.52. The van der Waals surface area contributed by atoms with Crippen LogP contribution >= 0.6 is 0 Å². The minimum Gasteiger partial charge on any atom is -0.450 e. The van der Waals surface area contributed by atoms with Gasteiger partial charge in [0.05, 0.1) is 24.9 Å². The molecule has 11 nitrogen and oxygen atoms in total. The van der Waals surface area contributed by atoms with E-state index in [1.165, 1.54) is 10.9 Å². The molecule has 0 spiro atoms. The van der Waals surface area contributed by atoms with Gasteiger partial charge in [0.25, 0.3) is 5.56 Å². The third-order valence-electron chi connectivity index (χ3n) is 7.51. The second-order valence-electron chi connectivity index (χ2n) is 12.3. The van der Waals surface area contributed by atoms with Crippen molar-refractivity contribution in [2.75, 3.05) is 18.5 Å². The van der Waals surface area contributed by atoms with Crippen LogP contribution in [0, 0.1) is 5.41 Å². The number of aliphatic hydroxyl groups is 1. The fourth-order valence-corrected chi connectivity index (χ4v) is 5.66. The number of nitrogens with zero attached hydrogens (tertiary/aromatic N) is 6. The first kappa shape index (κ1) is 30.0. The molecule has 0 saturated heterocycles. The molecule has 4 aromatic rings. The van der Waals surface area contributed by atoms with Gasteiger partial charge in [0, 0.05) is 18.4 Å². The predicted molar refractivity (Wildman–Crippen MR) is 166 cm³/mol. The van der Waals surface area contributed by atoms with Crippen molar-refractivity contribution in [3.63, 3.8) is 0 Å². The Balaban J connectivity index is 1.54. The number of ether oxygens (including phenoxy) is 1. The summed E-state index contributed by atoms with van der Waals surface area (Å²) in [7, 11) is 0. The van der Waals surface area contributed by atoms with Gasteiger partial charge in [-0.3, -0.25) is 4.79 Å². The smallest absolute Gasteiger partial charge is 0.410 e. The lowest BCUT2D eigenvalue weighted by molar-refractivity contribution is 0.0537. The maximum atomic E-state index is 13.3. The van der Waals surface area contributed by atoms with Crippen molar-refractivity contribution < 1.29 is 14.6 Å². The predicted octanol–water partition coefficient (Wildman–Crippen LogP) is 5.24. The molecular formula is C32H39N7O4. The van der Waals surface area contributed by atoms with E-state index in [-0.39, 0.29) is 29.7 Å². The van der Waals surface area contributed by atoms with Crippen LogP contribution < -0.4 is 10.9 Å². The van der Waals surface area contributed by atoms with E-state index in [0.717, 1.165) is 16.8 Å². The molecular weight excluding hydrogens is 546 g/mol. The molecule has 0 saturated carbocycles. The van der Waals surface area contributed by atoms with E-state index in [0.29, 0.717) is 48.1 Å². The molecule has 43 heavy (non-hydrogen) atoms. The Morgan fingerprint density at radius 2 is 1.95 bits per heavy atom. The van der Waals surface area contributed by atoms with Gasteiger partial charge in [0.15, 0.2) is 11.5 Å². The average Bonchev–Trinajstić information content (AvgIpc) is 3.22. The zero-order valence-corrected chi connectivity index (χ0v) is 25.6. The van der Waals surface area contributed by atoms with Crippen molar-refractivity contribution in [1.29, 1.82) is 0 Å². The number of pyridine rings is 1. The highest BCUT2D eigenvalue weighted by Gasteiger charge is 2.39.